The lowest BCUT2D eigenvalue weighted by Crippen LogP contribution is -2.11. The fourth-order valence-corrected chi connectivity index (χ4v) is 2.99. The topological polar surface area (TPSA) is 38.9 Å². The van der Waals surface area contributed by atoms with Gasteiger partial charge in [-0.05, 0) is 43.4 Å². The summed E-state index contributed by atoms with van der Waals surface area (Å²) in [6.45, 7) is 0.668. The quantitative estimate of drug-likeness (QED) is 0.838. The fraction of sp³-hybridized carbons (Fsp3) is 0.583. The van der Waals surface area contributed by atoms with Gasteiger partial charge in [0.2, 0.25) is 0 Å². The predicted octanol–water partition coefficient (Wildman–Crippen LogP) is 3.32. The third-order valence-electron chi connectivity index (χ3n) is 3.22. The van der Waals surface area contributed by atoms with E-state index in [2.05, 4.69) is 4.98 Å². The molecule has 2 N–H and O–H groups in total. The molecule has 0 atom stereocenters. The smallest absolute Gasteiger partial charge is 0.330 e. The Morgan fingerprint density at radius 1 is 1.33 bits per heavy atom. The average molecular weight is 276 g/mol. The van der Waals surface area contributed by atoms with Gasteiger partial charge in [-0.25, -0.2) is 4.98 Å². The molecule has 6 heteroatoms. The van der Waals surface area contributed by atoms with Crippen molar-refractivity contribution in [3.8, 4) is 0 Å². The molecule has 0 saturated heterocycles. The van der Waals surface area contributed by atoms with Gasteiger partial charge in [0.05, 0.1) is 10.6 Å². The number of rotatable bonds is 5. The lowest BCUT2D eigenvalue weighted by atomic mass is 10.1. The predicted molar refractivity (Wildman–Crippen MR) is 65.3 cm³/mol. The number of nitrogens with zero attached hydrogens (tertiary/aromatic N) is 1. The van der Waals surface area contributed by atoms with E-state index in [9.17, 15) is 13.2 Å². The monoisotopic (exact) mass is 276 g/mol. The molecule has 0 radical (unpaired) electrons. The number of pyridine rings is 1. The number of halogens is 3. The van der Waals surface area contributed by atoms with Gasteiger partial charge in [-0.2, -0.15) is 13.2 Å². The van der Waals surface area contributed by atoms with Crippen molar-refractivity contribution < 1.29 is 13.2 Å². The molecule has 100 valence electrons. The summed E-state index contributed by atoms with van der Waals surface area (Å²) < 4.78 is 37.0. The summed E-state index contributed by atoms with van der Waals surface area (Å²) in [5, 5.41) is 0.645. The van der Waals surface area contributed by atoms with Crippen molar-refractivity contribution in [2.75, 3.05) is 12.3 Å². The first-order valence-electron chi connectivity index (χ1n) is 5.81. The highest BCUT2D eigenvalue weighted by Crippen LogP contribution is 2.51. The molecule has 0 aromatic carbocycles. The Morgan fingerprint density at radius 2 is 2.06 bits per heavy atom. The summed E-state index contributed by atoms with van der Waals surface area (Å²) in [5.41, 5.74) is 5.15. The molecule has 18 heavy (non-hydrogen) atoms. The van der Waals surface area contributed by atoms with Gasteiger partial charge in [-0.3, -0.25) is 0 Å². The molecule has 1 aromatic rings. The maximum atomic E-state index is 12.3. The van der Waals surface area contributed by atoms with Crippen molar-refractivity contribution in [2.24, 2.45) is 11.1 Å². The zero-order valence-electron chi connectivity index (χ0n) is 9.83. The minimum Gasteiger partial charge on any atom is -0.330 e. The van der Waals surface area contributed by atoms with E-state index in [1.165, 1.54) is 17.8 Å². The number of hydrogen-bond donors (Lipinski definition) is 1. The van der Waals surface area contributed by atoms with Crippen molar-refractivity contribution >= 4 is 11.8 Å². The third kappa shape index (κ3) is 3.38. The van der Waals surface area contributed by atoms with E-state index < -0.39 is 11.7 Å². The molecule has 2 rings (SSSR count). The Labute approximate surface area is 108 Å². The van der Waals surface area contributed by atoms with Gasteiger partial charge >= 0.3 is 6.18 Å². The Balaban J connectivity index is 1.91. The van der Waals surface area contributed by atoms with Crippen molar-refractivity contribution in [1.82, 2.24) is 4.98 Å². The second-order valence-electron chi connectivity index (χ2n) is 4.71. The van der Waals surface area contributed by atoms with Crippen LogP contribution in [0.4, 0.5) is 13.2 Å². The maximum absolute atomic E-state index is 12.3. The van der Waals surface area contributed by atoms with Crippen molar-refractivity contribution in [3.63, 3.8) is 0 Å². The zero-order chi connectivity index (χ0) is 13.2. The second kappa shape index (κ2) is 5.09. The van der Waals surface area contributed by atoms with Crippen molar-refractivity contribution in [1.29, 1.82) is 0 Å². The van der Waals surface area contributed by atoms with Gasteiger partial charge in [0.25, 0.3) is 0 Å². The van der Waals surface area contributed by atoms with Crippen LogP contribution in [0.3, 0.4) is 0 Å². The largest absolute Gasteiger partial charge is 0.417 e. The molecule has 0 bridgehead atoms. The van der Waals surface area contributed by atoms with E-state index in [-0.39, 0.29) is 0 Å². The van der Waals surface area contributed by atoms with Crippen LogP contribution in [0.1, 0.15) is 24.8 Å². The van der Waals surface area contributed by atoms with Crippen molar-refractivity contribution in [3.05, 3.63) is 23.9 Å². The molecule has 1 fully saturated rings. The molecule has 0 amide bonds. The Bertz CT molecular complexity index is 399. The lowest BCUT2D eigenvalue weighted by Gasteiger charge is -2.13. The number of aromatic nitrogens is 1. The Hall–Kier alpha value is -0.750. The number of hydrogen-bond acceptors (Lipinski definition) is 3. The van der Waals surface area contributed by atoms with Crippen LogP contribution in [-0.2, 0) is 6.18 Å². The summed E-state index contributed by atoms with van der Waals surface area (Å²) >= 11 is 1.52. The second-order valence-corrected chi connectivity index (χ2v) is 5.71. The summed E-state index contributed by atoms with van der Waals surface area (Å²) in [6.07, 6.45) is -0.103. The SMILES string of the molecule is NCCC1(CSc2ccc(C(F)(F)F)cn2)CC1. The van der Waals surface area contributed by atoms with Crippen LogP contribution in [-0.4, -0.2) is 17.3 Å². The highest BCUT2D eigenvalue weighted by molar-refractivity contribution is 7.99. The van der Waals surface area contributed by atoms with Crippen LogP contribution in [0.25, 0.3) is 0 Å². The normalized spacial score (nSPS) is 17.8. The summed E-state index contributed by atoms with van der Waals surface area (Å²) in [7, 11) is 0. The van der Waals surface area contributed by atoms with E-state index in [1.807, 2.05) is 0 Å². The van der Waals surface area contributed by atoms with E-state index in [4.69, 9.17) is 5.73 Å². The lowest BCUT2D eigenvalue weighted by molar-refractivity contribution is -0.137. The summed E-state index contributed by atoms with van der Waals surface area (Å²) in [6, 6.07) is 2.52. The van der Waals surface area contributed by atoms with Crippen LogP contribution >= 0.6 is 11.8 Å². The molecule has 0 aliphatic heterocycles. The van der Waals surface area contributed by atoms with E-state index in [1.54, 1.807) is 0 Å². The van der Waals surface area contributed by atoms with Crippen LogP contribution in [0.2, 0.25) is 0 Å². The Morgan fingerprint density at radius 3 is 2.50 bits per heavy atom. The minimum absolute atomic E-state index is 0.309. The fourth-order valence-electron chi connectivity index (χ4n) is 1.81. The first-order valence-corrected chi connectivity index (χ1v) is 6.80. The Kier molecular flexibility index (Phi) is 3.87. The highest BCUT2D eigenvalue weighted by Gasteiger charge is 2.41. The number of nitrogens with two attached hydrogens (primary N) is 1. The first-order chi connectivity index (χ1) is 8.45. The number of thioether (sulfide) groups is 1. The number of alkyl halides is 3. The highest BCUT2D eigenvalue weighted by atomic mass is 32.2. The van der Waals surface area contributed by atoms with Crippen LogP contribution in [0.5, 0.6) is 0 Å². The van der Waals surface area contributed by atoms with Gasteiger partial charge in [-0.15, -0.1) is 11.8 Å². The molecular formula is C12H15F3N2S. The molecule has 0 spiro atoms. The van der Waals surface area contributed by atoms with Crippen LogP contribution in [0, 0.1) is 5.41 Å². The molecule has 0 unspecified atom stereocenters. The van der Waals surface area contributed by atoms with Gasteiger partial charge < -0.3 is 5.73 Å². The average Bonchev–Trinajstić information content (AvgIpc) is 3.07. The molecule has 1 aliphatic rings. The zero-order valence-corrected chi connectivity index (χ0v) is 10.7. The van der Waals surface area contributed by atoms with Crippen LogP contribution < -0.4 is 5.73 Å². The third-order valence-corrected chi connectivity index (χ3v) is 4.52. The first kappa shape index (κ1) is 13.7. The maximum Gasteiger partial charge on any atom is 0.417 e. The molecule has 1 heterocycles. The van der Waals surface area contributed by atoms with Crippen molar-refractivity contribution in [2.45, 2.75) is 30.5 Å². The van der Waals surface area contributed by atoms with Gasteiger partial charge in [-0.1, -0.05) is 0 Å². The molecule has 1 saturated carbocycles. The van der Waals surface area contributed by atoms with E-state index in [0.29, 0.717) is 17.0 Å². The summed E-state index contributed by atoms with van der Waals surface area (Å²) in [4.78, 5) is 3.85. The molecule has 1 aromatic heterocycles. The van der Waals surface area contributed by atoms with Gasteiger partial charge in [0, 0.05) is 11.9 Å². The molecular weight excluding hydrogens is 261 g/mol. The van der Waals surface area contributed by atoms with E-state index in [0.717, 1.165) is 37.3 Å². The molecule has 2 nitrogen and oxygen atoms in total. The van der Waals surface area contributed by atoms with Gasteiger partial charge in [0.15, 0.2) is 0 Å². The van der Waals surface area contributed by atoms with Crippen LogP contribution in [0.15, 0.2) is 23.4 Å². The minimum atomic E-state index is -4.31. The van der Waals surface area contributed by atoms with Gasteiger partial charge in [0.1, 0.15) is 0 Å². The molecule has 1 aliphatic carbocycles. The summed E-state index contributed by atoms with van der Waals surface area (Å²) in [5.74, 6) is 0.891. The standard InChI is InChI=1S/C12H15F3N2S/c13-12(14,15)9-1-2-10(17-7-9)18-8-11(3-4-11)5-6-16/h1-2,7H,3-6,8,16H2. The van der Waals surface area contributed by atoms with E-state index >= 15 is 0 Å².